The first-order chi connectivity index (χ1) is 8.15. The minimum Gasteiger partial charge on any atom is -0.495 e. The number of nitrogens with zero attached hydrogens (tertiary/aromatic N) is 1. The number of hydrogen-bond acceptors (Lipinski definition) is 3. The van der Waals surface area contributed by atoms with Gasteiger partial charge in [0.25, 0.3) is 0 Å². The number of rotatable bonds is 3. The van der Waals surface area contributed by atoms with Crippen LogP contribution < -0.4 is 15.4 Å². The highest BCUT2D eigenvalue weighted by Gasteiger charge is 2.24. The number of halogens is 1. The van der Waals surface area contributed by atoms with Crippen LogP contribution in [0.2, 0.25) is 5.02 Å². The predicted octanol–water partition coefficient (Wildman–Crippen LogP) is 2.44. The molecule has 0 bridgehead atoms. The van der Waals surface area contributed by atoms with Gasteiger partial charge in [-0.1, -0.05) is 11.6 Å². The third-order valence-electron chi connectivity index (χ3n) is 3.42. The fourth-order valence-electron chi connectivity index (χ4n) is 2.30. The average Bonchev–Trinajstić information content (AvgIpc) is 2.80. The van der Waals surface area contributed by atoms with Gasteiger partial charge < -0.3 is 15.4 Å². The molecule has 0 saturated carbocycles. The number of methoxy groups -OCH3 is 1. The zero-order valence-electron chi connectivity index (χ0n) is 10.4. The van der Waals surface area contributed by atoms with E-state index in [1.54, 1.807) is 7.11 Å². The van der Waals surface area contributed by atoms with E-state index in [4.69, 9.17) is 22.1 Å². The van der Waals surface area contributed by atoms with E-state index in [9.17, 15) is 0 Å². The summed E-state index contributed by atoms with van der Waals surface area (Å²) >= 11 is 6.11. The highest BCUT2D eigenvalue weighted by molar-refractivity contribution is 6.31. The summed E-state index contributed by atoms with van der Waals surface area (Å²) in [4.78, 5) is 2.33. The van der Waals surface area contributed by atoms with Crippen molar-refractivity contribution < 1.29 is 4.74 Å². The summed E-state index contributed by atoms with van der Waals surface area (Å²) < 4.78 is 5.41. The predicted molar refractivity (Wildman–Crippen MR) is 72.1 cm³/mol. The lowest BCUT2D eigenvalue weighted by molar-refractivity contribution is 0.414. The fraction of sp³-hybridized carbons (Fsp3) is 0.538. The van der Waals surface area contributed by atoms with E-state index in [0.29, 0.717) is 5.92 Å². The lowest BCUT2D eigenvalue weighted by atomic mass is 10.1. The Morgan fingerprint density at radius 3 is 2.88 bits per heavy atom. The lowest BCUT2D eigenvalue weighted by Gasteiger charge is -2.22. The summed E-state index contributed by atoms with van der Waals surface area (Å²) in [6.07, 6.45) is 1.15. The summed E-state index contributed by atoms with van der Waals surface area (Å²) in [6.45, 7) is 4.82. The zero-order chi connectivity index (χ0) is 12.4. The molecule has 1 unspecified atom stereocenters. The molecule has 2 N–H and O–H groups in total. The van der Waals surface area contributed by atoms with Gasteiger partial charge in [-0.15, -0.1) is 0 Å². The van der Waals surface area contributed by atoms with Crippen molar-refractivity contribution >= 4 is 17.3 Å². The van der Waals surface area contributed by atoms with E-state index >= 15 is 0 Å². The molecule has 1 atom stereocenters. The number of nitrogens with two attached hydrogens (primary N) is 1. The normalized spacial score (nSPS) is 19.8. The van der Waals surface area contributed by atoms with Crippen molar-refractivity contribution in [2.75, 3.05) is 31.6 Å². The maximum absolute atomic E-state index is 6.11. The first kappa shape index (κ1) is 12.5. The van der Waals surface area contributed by atoms with Crippen LogP contribution in [0.15, 0.2) is 12.1 Å². The van der Waals surface area contributed by atoms with Gasteiger partial charge in [-0.25, -0.2) is 0 Å². The van der Waals surface area contributed by atoms with Crippen molar-refractivity contribution in [2.24, 2.45) is 11.7 Å². The SMILES string of the molecule is COc1cc(Cl)c(C)cc1N1CCC(CN)C1. The molecule has 94 valence electrons. The number of benzene rings is 1. The van der Waals surface area contributed by atoms with Crippen LogP contribution in [-0.4, -0.2) is 26.7 Å². The Balaban J connectivity index is 2.28. The summed E-state index contributed by atoms with van der Waals surface area (Å²) in [7, 11) is 1.68. The molecule has 0 aliphatic carbocycles. The maximum atomic E-state index is 6.11. The molecule has 3 nitrogen and oxygen atoms in total. The minimum absolute atomic E-state index is 0.593. The van der Waals surface area contributed by atoms with Crippen LogP contribution in [0.1, 0.15) is 12.0 Å². The molecule has 0 aromatic heterocycles. The largest absolute Gasteiger partial charge is 0.495 e. The van der Waals surface area contributed by atoms with E-state index in [-0.39, 0.29) is 0 Å². The summed E-state index contributed by atoms with van der Waals surface area (Å²) in [5.41, 5.74) is 7.93. The molecular weight excluding hydrogens is 236 g/mol. The summed E-state index contributed by atoms with van der Waals surface area (Å²) in [5.74, 6) is 1.44. The van der Waals surface area contributed by atoms with Crippen molar-refractivity contribution in [1.82, 2.24) is 0 Å². The average molecular weight is 255 g/mol. The molecular formula is C13H19ClN2O. The second kappa shape index (κ2) is 5.15. The van der Waals surface area contributed by atoms with E-state index in [0.717, 1.165) is 48.1 Å². The Hall–Kier alpha value is -0.930. The van der Waals surface area contributed by atoms with Crippen LogP contribution in [0.5, 0.6) is 5.75 Å². The van der Waals surface area contributed by atoms with Gasteiger partial charge >= 0.3 is 0 Å². The Morgan fingerprint density at radius 1 is 1.53 bits per heavy atom. The van der Waals surface area contributed by atoms with Gasteiger partial charge in [0, 0.05) is 24.2 Å². The highest BCUT2D eigenvalue weighted by Crippen LogP contribution is 2.36. The van der Waals surface area contributed by atoms with Crippen LogP contribution in [0, 0.1) is 12.8 Å². The summed E-state index contributed by atoms with van der Waals surface area (Å²) in [6, 6.07) is 3.99. The van der Waals surface area contributed by atoms with E-state index < -0.39 is 0 Å². The van der Waals surface area contributed by atoms with Crippen molar-refractivity contribution in [1.29, 1.82) is 0 Å². The zero-order valence-corrected chi connectivity index (χ0v) is 11.1. The molecule has 1 aliphatic rings. The molecule has 1 saturated heterocycles. The van der Waals surface area contributed by atoms with Gasteiger partial charge in [-0.2, -0.15) is 0 Å². The molecule has 17 heavy (non-hydrogen) atoms. The molecule has 1 aromatic carbocycles. The minimum atomic E-state index is 0.593. The second-order valence-corrected chi connectivity index (χ2v) is 5.02. The van der Waals surface area contributed by atoms with Crippen LogP contribution in [0.4, 0.5) is 5.69 Å². The van der Waals surface area contributed by atoms with Gasteiger partial charge in [-0.3, -0.25) is 0 Å². The topological polar surface area (TPSA) is 38.5 Å². The van der Waals surface area contributed by atoms with Gasteiger partial charge in [0.15, 0.2) is 0 Å². The van der Waals surface area contributed by atoms with E-state index in [1.807, 2.05) is 13.0 Å². The molecule has 1 fully saturated rings. The van der Waals surface area contributed by atoms with Gasteiger partial charge in [0.1, 0.15) is 5.75 Å². The number of ether oxygens (including phenoxy) is 1. The van der Waals surface area contributed by atoms with Gasteiger partial charge in [0.05, 0.1) is 12.8 Å². The van der Waals surface area contributed by atoms with E-state index in [1.165, 1.54) is 0 Å². The smallest absolute Gasteiger partial charge is 0.143 e. The van der Waals surface area contributed by atoms with Crippen LogP contribution in [0.25, 0.3) is 0 Å². The first-order valence-electron chi connectivity index (χ1n) is 5.95. The van der Waals surface area contributed by atoms with Crippen molar-refractivity contribution in [3.05, 3.63) is 22.7 Å². The Bertz CT molecular complexity index is 409. The quantitative estimate of drug-likeness (QED) is 0.901. The molecule has 4 heteroatoms. The highest BCUT2D eigenvalue weighted by atomic mass is 35.5. The third-order valence-corrected chi connectivity index (χ3v) is 3.83. The number of hydrogen-bond donors (Lipinski definition) is 1. The second-order valence-electron chi connectivity index (χ2n) is 4.61. The standard InChI is InChI=1S/C13H19ClN2O/c1-9-5-12(13(17-2)6-11(9)14)16-4-3-10(7-15)8-16/h5-6,10H,3-4,7-8,15H2,1-2H3. The first-order valence-corrected chi connectivity index (χ1v) is 6.32. The fourth-order valence-corrected chi connectivity index (χ4v) is 2.46. The Labute approximate surface area is 107 Å². The Morgan fingerprint density at radius 2 is 2.29 bits per heavy atom. The maximum Gasteiger partial charge on any atom is 0.143 e. The van der Waals surface area contributed by atoms with Gasteiger partial charge in [0.2, 0.25) is 0 Å². The van der Waals surface area contributed by atoms with Gasteiger partial charge in [-0.05, 0) is 37.4 Å². The van der Waals surface area contributed by atoms with Crippen molar-refractivity contribution in [3.63, 3.8) is 0 Å². The molecule has 2 rings (SSSR count). The van der Waals surface area contributed by atoms with Crippen LogP contribution in [0.3, 0.4) is 0 Å². The molecule has 0 amide bonds. The molecule has 1 aliphatic heterocycles. The number of anilines is 1. The molecule has 1 aromatic rings. The molecule has 1 heterocycles. The summed E-state index contributed by atoms with van der Waals surface area (Å²) in [5, 5.41) is 0.750. The van der Waals surface area contributed by atoms with Crippen LogP contribution >= 0.6 is 11.6 Å². The van der Waals surface area contributed by atoms with E-state index in [2.05, 4.69) is 11.0 Å². The lowest BCUT2D eigenvalue weighted by Crippen LogP contribution is -2.23. The molecule has 0 radical (unpaired) electrons. The Kier molecular flexibility index (Phi) is 3.79. The number of aryl methyl sites for hydroxylation is 1. The third kappa shape index (κ3) is 2.50. The van der Waals surface area contributed by atoms with Crippen LogP contribution in [-0.2, 0) is 0 Å². The van der Waals surface area contributed by atoms with Crippen molar-refractivity contribution in [2.45, 2.75) is 13.3 Å². The molecule has 0 spiro atoms. The monoisotopic (exact) mass is 254 g/mol. The van der Waals surface area contributed by atoms with Crippen molar-refractivity contribution in [3.8, 4) is 5.75 Å².